The van der Waals surface area contributed by atoms with E-state index in [0.717, 1.165) is 28.9 Å². The normalized spacial score (nSPS) is 14.4. The molecule has 2 aromatic heterocycles. The molecule has 1 aliphatic rings. The van der Waals surface area contributed by atoms with Gasteiger partial charge in [-0.25, -0.2) is 9.97 Å². The van der Waals surface area contributed by atoms with E-state index in [-0.39, 0.29) is 6.10 Å². The van der Waals surface area contributed by atoms with E-state index in [1.807, 2.05) is 30.9 Å². The van der Waals surface area contributed by atoms with Gasteiger partial charge in [-0.1, -0.05) is 20.8 Å². The molecular formula is C16H23N3O2. The zero-order valence-corrected chi connectivity index (χ0v) is 12.9. The minimum Gasteiger partial charge on any atom is -0.492 e. The number of anilines is 1. The smallest absolute Gasteiger partial charge is 0.155 e. The van der Waals surface area contributed by atoms with E-state index < -0.39 is 0 Å². The Morgan fingerprint density at radius 1 is 1.33 bits per heavy atom. The molecule has 5 nitrogen and oxygen atoms in total. The lowest BCUT2D eigenvalue weighted by Crippen LogP contribution is -2.51. The molecule has 1 fully saturated rings. The fourth-order valence-corrected chi connectivity index (χ4v) is 2.18. The summed E-state index contributed by atoms with van der Waals surface area (Å²) in [4.78, 5) is 10.9. The predicted molar refractivity (Wildman–Crippen MR) is 84.9 cm³/mol. The molecule has 5 heteroatoms. The third-order valence-electron chi connectivity index (χ3n) is 3.19. The Hall–Kier alpha value is -1.88. The number of fused-ring (bicyclic) bond motifs is 1. The van der Waals surface area contributed by atoms with Crippen molar-refractivity contribution in [2.75, 3.05) is 24.6 Å². The first-order valence-electron chi connectivity index (χ1n) is 7.58. The van der Waals surface area contributed by atoms with Crippen LogP contribution in [0.25, 0.3) is 10.9 Å². The molecule has 0 radical (unpaired) electrons. The fraction of sp³-hybridized carbons (Fsp3) is 0.500. The van der Waals surface area contributed by atoms with Crippen molar-refractivity contribution in [1.82, 2.24) is 9.97 Å². The minimum atomic E-state index is -0.246. The topological polar surface area (TPSA) is 58.5 Å². The van der Waals surface area contributed by atoms with Crippen LogP contribution in [0.1, 0.15) is 27.2 Å². The second kappa shape index (κ2) is 7.22. The van der Waals surface area contributed by atoms with Crippen LogP contribution in [0.3, 0.4) is 0 Å². The Labute approximate surface area is 125 Å². The zero-order chi connectivity index (χ0) is 15.2. The van der Waals surface area contributed by atoms with Gasteiger partial charge in [0.1, 0.15) is 11.3 Å². The van der Waals surface area contributed by atoms with Crippen LogP contribution in [-0.2, 0) is 0 Å². The lowest BCUT2D eigenvalue weighted by molar-refractivity contribution is 0.141. The number of β-amino-alcohol motifs (C(OH)–C–C–N with tert-alkyl or cyclic N) is 1. The molecule has 1 N–H and O–H groups in total. The summed E-state index contributed by atoms with van der Waals surface area (Å²) in [7, 11) is 0. The summed E-state index contributed by atoms with van der Waals surface area (Å²) in [6.07, 6.45) is 4.24. The maximum Gasteiger partial charge on any atom is 0.155 e. The van der Waals surface area contributed by atoms with E-state index in [4.69, 9.17) is 4.74 Å². The monoisotopic (exact) mass is 289 g/mol. The third-order valence-corrected chi connectivity index (χ3v) is 3.19. The van der Waals surface area contributed by atoms with Crippen LogP contribution in [0.2, 0.25) is 0 Å². The van der Waals surface area contributed by atoms with Crippen LogP contribution in [0.5, 0.6) is 5.75 Å². The van der Waals surface area contributed by atoms with E-state index in [2.05, 4.69) is 16.9 Å². The fourth-order valence-electron chi connectivity index (χ4n) is 2.18. The maximum atomic E-state index is 9.38. The number of aliphatic hydroxyl groups is 1. The molecule has 2 aromatic rings. The van der Waals surface area contributed by atoms with Crippen LogP contribution in [-0.4, -0.2) is 40.9 Å². The van der Waals surface area contributed by atoms with Crippen molar-refractivity contribution in [3.05, 3.63) is 24.5 Å². The summed E-state index contributed by atoms with van der Waals surface area (Å²) < 4.78 is 5.58. The highest BCUT2D eigenvalue weighted by atomic mass is 16.5. The van der Waals surface area contributed by atoms with Crippen molar-refractivity contribution in [2.24, 2.45) is 0 Å². The van der Waals surface area contributed by atoms with E-state index in [0.29, 0.717) is 19.7 Å². The van der Waals surface area contributed by atoms with Gasteiger partial charge in [-0.15, -0.1) is 0 Å². The second-order valence-electron chi connectivity index (χ2n) is 4.78. The van der Waals surface area contributed by atoms with Crippen LogP contribution in [0.15, 0.2) is 24.5 Å². The van der Waals surface area contributed by atoms with Gasteiger partial charge in [0.25, 0.3) is 0 Å². The summed E-state index contributed by atoms with van der Waals surface area (Å²) in [6.45, 7) is 8.03. The van der Waals surface area contributed by atoms with E-state index >= 15 is 0 Å². The van der Waals surface area contributed by atoms with Crippen molar-refractivity contribution >= 4 is 16.7 Å². The molecule has 1 aliphatic heterocycles. The first-order chi connectivity index (χ1) is 10.3. The highest BCUT2D eigenvalue weighted by Crippen LogP contribution is 2.28. The van der Waals surface area contributed by atoms with E-state index in [1.54, 1.807) is 12.4 Å². The molecule has 1 saturated heterocycles. The Morgan fingerprint density at radius 3 is 2.76 bits per heavy atom. The van der Waals surface area contributed by atoms with Gasteiger partial charge in [0.05, 0.1) is 18.9 Å². The van der Waals surface area contributed by atoms with Gasteiger partial charge in [-0.2, -0.15) is 0 Å². The molecule has 0 saturated carbocycles. The van der Waals surface area contributed by atoms with Gasteiger partial charge < -0.3 is 14.7 Å². The summed E-state index contributed by atoms with van der Waals surface area (Å²) in [6, 6.07) is 3.92. The van der Waals surface area contributed by atoms with Crippen LogP contribution in [0.4, 0.5) is 5.82 Å². The molecular weight excluding hydrogens is 266 g/mol. The molecule has 0 aromatic carbocycles. The average molecular weight is 289 g/mol. The minimum absolute atomic E-state index is 0.246. The Bertz CT molecular complexity index is 583. The quantitative estimate of drug-likeness (QED) is 0.937. The maximum absolute atomic E-state index is 9.38. The number of pyridine rings is 2. The van der Waals surface area contributed by atoms with Gasteiger partial charge >= 0.3 is 0 Å². The number of hydrogen-bond donors (Lipinski definition) is 1. The highest BCUT2D eigenvalue weighted by molar-refractivity contribution is 5.89. The van der Waals surface area contributed by atoms with Gasteiger partial charge in [0.15, 0.2) is 5.82 Å². The zero-order valence-electron chi connectivity index (χ0n) is 12.9. The van der Waals surface area contributed by atoms with E-state index in [9.17, 15) is 5.11 Å². The lowest BCUT2D eigenvalue weighted by Gasteiger charge is -2.37. The molecule has 0 bridgehead atoms. The molecule has 0 amide bonds. The number of aromatic nitrogens is 2. The van der Waals surface area contributed by atoms with Crippen LogP contribution < -0.4 is 9.64 Å². The SMILES string of the molecule is CC.CCCOc1cnc2c(N3CC(O)C3)nccc2c1. The average Bonchev–Trinajstić information content (AvgIpc) is 2.51. The lowest BCUT2D eigenvalue weighted by atomic mass is 10.1. The van der Waals surface area contributed by atoms with Crippen molar-refractivity contribution < 1.29 is 9.84 Å². The van der Waals surface area contributed by atoms with Crippen LogP contribution >= 0.6 is 0 Å². The molecule has 21 heavy (non-hydrogen) atoms. The van der Waals surface area contributed by atoms with Gasteiger partial charge in [-0.3, -0.25) is 0 Å². The predicted octanol–water partition coefficient (Wildman–Crippen LogP) is 2.63. The van der Waals surface area contributed by atoms with Crippen molar-refractivity contribution in [3.63, 3.8) is 0 Å². The second-order valence-corrected chi connectivity index (χ2v) is 4.78. The number of aliphatic hydroxyl groups excluding tert-OH is 1. The van der Waals surface area contributed by atoms with Crippen molar-refractivity contribution in [1.29, 1.82) is 0 Å². The largest absolute Gasteiger partial charge is 0.492 e. The standard InChI is InChI=1S/C14H17N3O2.C2H6/c1-2-5-19-12-6-10-3-4-15-14(13(10)16-7-12)17-8-11(18)9-17;1-2/h3-4,6-7,11,18H,2,5,8-9H2,1H3;1-2H3. The Balaban J connectivity index is 0.000000774. The Morgan fingerprint density at radius 2 is 2.10 bits per heavy atom. The van der Waals surface area contributed by atoms with Crippen molar-refractivity contribution in [3.8, 4) is 5.75 Å². The van der Waals surface area contributed by atoms with Crippen molar-refractivity contribution in [2.45, 2.75) is 33.3 Å². The number of rotatable bonds is 4. The number of ether oxygens (including phenoxy) is 1. The summed E-state index contributed by atoms with van der Waals surface area (Å²) in [5, 5.41) is 10.4. The summed E-state index contributed by atoms with van der Waals surface area (Å²) in [5.41, 5.74) is 0.859. The Kier molecular flexibility index (Phi) is 5.33. The number of nitrogens with zero attached hydrogens (tertiary/aromatic N) is 3. The van der Waals surface area contributed by atoms with E-state index in [1.165, 1.54) is 0 Å². The number of hydrogen-bond acceptors (Lipinski definition) is 5. The summed E-state index contributed by atoms with van der Waals surface area (Å²) in [5.74, 6) is 1.62. The van der Waals surface area contributed by atoms with Crippen LogP contribution in [0, 0.1) is 0 Å². The molecule has 0 aliphatic carbocycles. The molecule has 114 valence electrons. The molecule has 0 unspecified atom stereocenters. The molecule has 3 heterocycles. The first kappa shape index (κ1) is 15.5. The highest BCUT2D eigenvalue weighted by Gasteiger charge is 2.27. The van der Waals surface area contributed by atoms with Gasteiger partial charge in [-0.05, 0) is 18.6 Å². The molecule has 0 atom stereocenters. The van der Waals surface area contributed by atoms with Gasteiger partial charge in [0.2, 0.25) is 0 Å². The third kappa shape index (κ3) is 3.42. The molecule has 3 rings (SSSR count). The first-order valence-corrected chi connectivity index (χ1v) is 7.58. The molecule has 0 spiro atoms. The summed E-state index contributed by atoms with van der Waals surface area (Å²) >= 11 is 0. The van der Waals surface area contributed by atoms with Gasteiger partial charge in [0, 0.05) is 24.7 Å².